The molecule has 1 aromatic heterocycles. The topological polar surface area (TPSA) is 35.6 Å². The molecule has 30 heavy (non-hydrogen) atoms. The third kappa shape index (κ3) is 4.78. The normalized spacial score (nSPS) is 14.9. The number of carbonyl (C=O) groups excluding carboxylic acids is 1. The average Bonchev–Trinajstić information content (AvgIpc) is 3.23. The molecule has 0 spiro atoms. The van der Waals surface area contributed by atoms with Crippen LogP contribution in [0.25, 0.3) is 16.5 Å². The molecule has 1 N–H and O–H groups in total. The molecule has 1 fully saturated rings. The van der Waals surface area contributed by atoms with Gasteiger partial charge in [0, 0.05) is 47.6 Å². The Hall–Kier alpha value is -2.96. The van der Waals surface area contributed by atoms with Crippen LogP contribution >= 0.6 is 11.3 Å². The molecule has 4 rings (SSSR count). The van der Waals surface area contributed by atoms with E-state index in [-0.39, 0.29) is 11.7 Å². The highest BCUT2D eigenvalue weighted by Gasteiger charge is 2.17. The molecule has 0 saturated carbocycles. The zero-order valence-corrected chi connectivity index (χ0v) is 17.7. The van der Waals surface area contributed by atoms with Gasteiger partial charge in [0.05, 0.1) is 11.4 Å². The summed E-state index contributed by atoms with van der Waals surface area (Å²) in [6.07, 6.45) is 3.29. The lowest BCUT2D eigenvalue weighted by molar-refractivity contribution is -0.111. The third-order valence-electron chi connectivity index (χ3n) is 5.17. The van der Waals surface area contributed by atoms with E-state index in [9.17, 15) is 9.18 Å². The number of hydrogen-bond acceptors (Lipinski definition) is 4. The Morgan fingerprint density at radius 1 is 1.00 bits per heavy atom. The van der Waals surface area contributed by atoms with Gasteiger partial charge >= 0.3 is 0 Å². The summed E-state index contributed by atoms with van der Waals surface area (Å²) in [7, 11) is 2.12. The summed E-state index contributed by atoms with van der Waals surface area (Å²) in [6, 6.07) is 18.4. The van der Waals surface area contributed by atoms with Crippen LogP contribution < -0.4 is 10.2 Å². The quantitative estimate of drug-likeness (QED) is 0.592. The molecule has 0 radical (unpaired) electrons. The average molecular weight is 422 g/mol. The number of anilines is 2. The van der Waals surface area contributed by atoms with Crippen molar-refractivity contribution in [3.63, 3.8) is 0 Å². The number of para-hydroxylation sites is 2. The van der Waals surface area contributed by atoms with Gasteiger partial charge in [-0.25, -0.2) is 4.39 Å². The SMILES string of the molecule is CN1CCN(c2ccccc2NC(=O)/C=C/c2ccc(-c3ccccc3F)s2)CC1. The van der Waals surface area contributed by atoms with Crippen molar-refractivity contribution in [1.29, 1.82) is 0 Å². The van der Waals surface area contributed by atoms with Crippen LogP contribution in [0.1, 0.15) is 4.88 Å². The van der Waals surface area contributed by atoms with E-state index in [1.165, 1.54) is 23.5 Å². The molecule has 0 aliphatic carbocycles. The first-order valence-corrected chi connectivity index (χ1v) is 10.8. The van der Waals surface area contributed by atoms with Crippen LogP contribution in [0.5, 0.6) is 0 Å². The molecular formula is C24H24FN3OS. The second-order valence-electron chi connectivity index (χ2n) is 7.31. The van der Waals surface area contributed by atoms with Crippen LogP contribution in [0.2, 0.25) is 0 Å². The Morgan fingerprint density at radius 3 is 2.53 bits per heavy atom. The molecule has 0 atom stereocenters. The van der Waals surface area contributed by atoms with Crippen LogP contribution in [0.15, 0.2) is 66.7 Å². The van der Waals surface area contributed by atoms with Crippen LogP contribution in [0.3, 0.4) is 0 Å². The van der Waals surface area contributed by atoms with Crippen molar-refractivity contribution >= 4 is 34.7 Å². The zero-order valence-electron chi connectivity index (χ0n) is 16.8. The Labute approximate surface area is 180 Å². The summed E-state index contributed by atoms with van der Waals surface area (Å²) < 4.78 is 14.0. The van der Waals surface area contributed by atoms with Gasteiger partial charge in [0.25, 0.3) is 0 Å². The lowest BCUT2D eigenvalue weighted by Gasteiger charge is -2.35. The van der Waals surface area contributed by atoms with Gasteiger partial charge in [0.1, 0.15) is 5.82 Å². The van der Waals surface area contributed by atoms with E-state index in [2.05, 4.69) is 22.2 Å². The Bertz CT molecular complexity index is 1050. The largest absolute Gasteiger partial charge is 0.367 e. The monoisotopic (exact) mass is 421 g/mol. The molecule has 1 saturated heterocycles. The number of benzene rings is 2. The predicted octanol–water partition coefficient (Wildman–Crippen LogP) is 4.96. The smallest absolute Gasteiger partial charge is 0.248 e. The second kappa shape index (κ2) is 9.24. The van der Waals surface area contributed by atoms with Gasteiger partial charge in [-0.15, -0.1) is 11.3 Å². The third-order valence-corrected chi connectivity index (χ3v) is 6.25. The predicted molar refractivity (Wildman–Crippen MR) is 124 cm³/mol. The highest BCUT2D eigenvalue weighted by molar-refractivity contribution is 7.16. The molecule has 154 valence electrons. The number of piperazine rings is 1. The lowest BCUT2D eigenvalue weighted by atomic mass is 10.2. The fraction of sp³-hybridized carbons (Fsp3) is 0.208. The minimum Gasteiger partial charge on any atom is -0.367 e. The van der Waals surface area contributed by atoms with Crippen molar-refractivity contribution in [3.8, 4) is 10.4 Å². The lowest BCUT2D eigenvalue weighted by Crippen LogP contribution is -2.44. The molecule has 3 aromatic rings. The van der Waals surface area contributed by atoms with E-state index in [4.69, 9.17) is 0 Å². The van der Waals surface area contributed by atoms with E-state index in [1.54, 1.807) is 18.2 Å². The number of nitrogens with zero attached hydrogens (tertiary/aromatic N) is 2. The van der Waals surface area contributed by atoms with Gasteiger partial charge in [-0.2, -0.15) is 0 Å². The number of amides is 1. The zero-order chi connectivity index (χ0) is 20.9. The summed E-state index contributed by atoms with van der Waals surface area (Å²) in [5, 5.41) is 3.00. The molecule has 1 aliphatic rings. The first-order chi connectivity index (χ1) is 14.6. The van der Waals surface area contributed by atoms with E-state index in [0.717, 1.165) is 47.3 Å². The molecular weight excluding hydrogens is 397 g/mol. The summed E-state index contributed by atoms with van der Waals surface area (Å²) in [4.78, 5) is 18.9. The Morgan fingerprint density at radius 2 is 1.73 bits per heavy atom. The number of rotatable bonds is 5. The van der Waals surface area contributed by atoms with E-state index in [1.807, 2.05) is 42.5 Å². The van der Waals surface area contributed by atoms with Crippen LogP contribution in [0, 0.1) is 5.82 Å². The maximum atomic E-state index is 14.0. The summed E-state index contributed by atoms with van der Waals surface area (Å²) in [5.41, 5.74) is 2.44. The summed E-state index contributed by atoms with van der Waals surface area (Å²) in [6.45, 7) is 3.89. The molecule has 1 amide bonds. The van der Waals surface area contributed by atoms with Crippen molar-refractivity contribution in [2.24, 2.45) is 0 Å². The molecule has 4 nitrogen and oxygen atoms in total. The number of likely N-dealkylation sites (N-methyl/N-ethyl adjacent to an activating group) is 1. The van der Waals surface area contributed by atoms with E-state index in [0.29, 0.717) is 5.56 Å². The van der Waals surface area contributed by atoms with Crippen LogP contribution in [-0.2, 0) is 4.79 Å². The number of halogens is 1. The van der Waals surface area contributed by atoms with Crippen LogP contribution in [-0.4, -0.2) is 44.0 Å². The molecule has 0 unspecified atom stereocenters. The summed E-state index contributed by atoms with van der Waals surface area (Å²) >= 11 is 1.45. The highest BCUT2D eigenvalue weighted by atomic mass is 32.1. The number of thiophene rings is 1. The molecule has 2 heterocycles. The van der Waals surface area contributed by atoms with Crippen molar-refractivity contribution < 1.29 is 9.18 Å². The first kappa shape index (κ1) is 20.3. The van der Waals surface area contributed by atoms with Gasteiger partial charge in [-0.1, -0.05) is 30.3 Å². The molecule has 2 aromatic carbocycles. The first-order valence-electron chi connectivity index (χ1n) is 9.96. The van der Waals surface area contributed by atoms with Crippen LogP contribution in [0.4, 0.5) is 15.8 Å². The van der Waals surface area contributed by atoms with Gasteiger partial charge in [-0.05, 0) is 43.5 Å². The molecule has 6 heteroatoms. The molecule has 1 aliphatic heterocycles. The summed E-state index contributed by atoms with van der Waals surface area (Å²) in [5.74, 6) is -0.425. The molecule has 0 bridgehead atoms. The van der Waals surface area contributed by atoms with Crippen molar-refractivity contribution in [1.82, 2.24) is 4.90 Å². The Kier molecular flexibility index (Phi) is 6.26. The van der Waals surface area contributed by atoms with Crippen molar-refractivity contribution in [3.05, 3.63) is 77.4 Å². The van der Waals surface area contributed by atoms with Gasteiger partial charge in [-0.3, -0.25) is 4.79 Å². The van der Waals surface area contributed by atoms with Crippen molar-refractivity contribution in [2.75, 3.05) is 43.4 Å². The van der Waals surface area contributed by atoms with E-state index >= 15 is 0 Å². The fourth-order valence-corrected chi connectivity index (χ4v) is 4.42. The van der Waals surface area contributed by atoms with Gasteiger partial charge in [0.2, 0.25) is 5.91 Å². The standard InChI is InChI=1S/C24H24FN3OS/c1-27-14-16-28(17-15-27)22-9-5-4-8-21(22)26-24(29)13-11-18-10-12-23(30-18)19-6-2-3-7-20(19)25/h2-13H,14-17H2,1H3,(H,26,29)/b13-11+. The van der Waals surface area contributed by atoms with Crippen molar-refractivity contribution in [2.45, 2.75) is 0 Å². The maximum Gasteiger partial charge on any atom is 0.248 e. The Balaban J connectivity index is 1.43. The highest BCUT2D eigenvalue weighted by Crippen LogP contribution is 2.31. The fourth-order valence-electron chi connectivity index (χ4n) is 3.48. The minimum absolute atomic E-state index is 0.183. The minimum atomic E-state index is -0.242. The maximum absolute atomic E-state index is 14.0. The van der Waals surface area contributed by atoms with E-state index < -0.39 is 0 Å². The van der Waals surface area contributed by atoms with Gasteiger partial charge in [0.15, 0.2) is 0 Å². The van der Waals surface area contributed by atoms with Gasteiger partial charge < -0.3 is 15.1 Å². The number of carbonyl (C=O) groups is 1. The number of nitrogens with one attached hydrogen (secondary N) is 1. The second-order valence-corrected chi connectivity index (χ2v) is 8.43. The number of hydrogen-bond donors (Lipinski definition) is 1.